The van der Waals surface area contributed by atoms with Crippen molar-refractivity contribution >= 4 is 10.1 Å². The highest BCUT2D eigenvalue weighted by molar-refractivity contribution is 7.85. The van der Waals surface area contributed by atoms with Crippen molar-refractivity contribution in [2.75, 3.05) is 0 Å². The molecule has 0 saturated heterocycles. The van der Waals surface area contributed by atoms with Crippen LogP contribution in [0.2, 0.25) is 0 Å². The van der Waals surface area contributed by atoms with Gasteiger partial charge in [0.15, 0.2) is 0 Å². The predicted octanol–water partition coefficient (Wildman–Crippen LogP) is 2.67. The van der Waals surface area contributed by atoms with E-state index in [1.165, 1.54) is 0 Å². The van der Waals surface area contributed by atoms with E-state index in [4.69, 9.17) is 10.3 Å². The second-order valence-corrected chi connectivity index (χ2v) is 6.50. The summed E-state index contributed by atoms with van der Waals surface area (Å²) < 4.78 is 110. The summed E-state index contributed by atoms with van der Waals surface area (Å²) in [5.41, 5.74) is 1.50. The Balaban J connectivity index is 2.59. The highest BCUT2D eigenvalue weighted by atomic mass is 32.2. The highest BCUT2D eigenvalue weighted by Gasteiger charge is 2.38. The first-order valence-corrected chi connectivity index (χ1v) is 8.18. The maximum absolute atomic E-state index is 13.1. The van der Waals surface area contributed by atoms with Gasteiger partial charge >= 0.3 is 22.5 Å². The number of alkyl halides is 6. The largest absolute Gasteiger partial charge is 0.416 e. The molecule has 0 saturated carbocycles. The molecular weight excluding hydrogens is 392 g/mol. The van der Waals surface area contributed by atoms with Crippen LogP contribution in [0.25, 0.3) is 0 Å². The highest BCUT2D eigenvalue weighted by Crippen LogP contribution is 2.37. The van der Waals surface area contributed by atoms with Gasteiger partial charge in [-0.2, -0.15) is 34.8 Å². The molecule has 3 N–H and O–H groups in total. The number of rotatable bonds is 4. The van der Waals surface area contributed by atoms with Crippen molar-refractivity contribution in [2.45, 2.75) is 30.6 Å². The van der Waals surface area contributed by atoms with Crippen LogP contribution in [0.1, 0.15) is 22.4 Å². The molecular formula is C13H11F6N3O3S. The van der Waals surface area contributed by atoms with E-state index in [0.717, 1.165) is 6.20 Å². The molecule has 0 aliphatic heterocycles. The Hall–Kier alpha value is -2.12. The Morgan fingerprint density at radius 3 is 2.19 bits per heavy atom. The summed E-state index contributed by atoms with van der Waals surface area (Å²) in [6.07, 6.45) is -9.12. The number of imidazole rings is 1. The maximum Gasteiger partial charge on any atom is 0.416 e. The molecule has 1 aromatic heterocycles. The molecule has 26 heavy (non-hydrogen) atoms. The quantitative estimate of drug-likeness (QED) is 0.604. The third kappa shape index (κ3) is 4.34. The Labute approximate surface area is 143 Å². The maximum atomic E-state index is 13.1. The summed E-state index contributed by atoms with van der Waals surface area (Å²) in [6.45, 7) is -1.07. The van der Waals surface area contributed by atoms with Gasteiger partial charge < -0.3 is 10.3 Å². The first-order chi connectivity index (χ1) is 11.7. The molecule has 0 aliphatic carbocycles. The molecule has 2 aromatic rings. The van der Waals surface area contributed by atoms with Gasteiger partial charge in [-0.25, -0.2) is 4.98 Å². The van der Waals surface area contributed by atoms with E-state index in [2.05, 4.69) is 4.98 Å². The van der Waals surface area contributed by atoms with Crippen molar-refractivity contribution in [1.82, 2.24) is 9.55 Å². The zero-order chi connectivity index (χ0) is 19.9. The van der Waals surface area contributed by atoms with Crippen LogP contribution in [0, 0.1) is 0 Å². The van der Waals surface area contributed by atoms with E-state index in [1.807, 2.05) is 0 Å². The van der Waals surface area contributed by atoms with Crippen LogP contribution >= 0.6 is 0 Å². The van der Waals surface area contributed by atoms with Crippen molar-refractivity contribution in [1.29, 1.82) is 0 Å². The normalized spacial score (nSPS) is 13.2. The Morgan fingerprint density at radius 1 is 1.12 bits per heavy atom. The van der Waals surface area contributed by atoms with Gasteiger partial charge in [0, 0.05) is 12.7 Å². The zero-order valence-corrected chi connectivity index (χ0v) is 13.5. The molecule has 0 unspecified atom stereocenters. The average molecular weight is 403 g/mol. The monoisotopic (exact) mass is 403 g/mol. The first-order valence-electron chi connectivity index (χ1n) is 6.74. The second kappa shape index (κ2) is 6.55. The lowest BCUT2D eigenvalue weighted by Gasteiger charge is -2.16. The van der Waals surface area contributed by atoms with Crippen LogP contribution in [0.4, 0.5) is 26.3 Å². The van der Waals surface area contributed by atoms with Gasteiger partial charge in [0.1, 0.15) is 0 Å². The minimum absolute atomic E-state index is 0.0434. The number of nitrogens with zero attached hydrogens (tertiary/aromatic N) is 2. The van der Waals surface area contributed by atoms with Crippen LogP contribution < -0.4 is 5.73 Å². The van der Waals surface area contributed by atoms with E-state index in [-0.39, 0.29) is 18.3 Å². The van der Waals surface area contributed by atoms with E-state index < -0.39 is 50.9 Å². The number of benzene rings is 1. The van der Waals surface area contributed by atoms with E-state index in [1.54, 1.807) is 0 Å². The predicted molar refractivity (Wildman–Crippen MR) is 75.5 cm³/mol. The Bertz CT molecular complexity index is 918. The zero-order valence-electron chi connectivity index (χ0n) is 12.6. The molecule has 0 atom stereocenters. The minimum Gasteiger partial charge on any atom is -0.325 e. The SMILES string of the molecule is NCc1cn(Cc2ccc(C(F)(F)F)cc2C(F)(F)F)c(S(=O)(=O)O)n1. The Kier molecular flexibility index (Phi) is 5.09. The second-order valence-electron chi connectivity index (χ2n) is 5.19. The number of halogens is 6. The number of hydrogen-bond donors (Lipinski definition) is 2. The smallest absolute Gasteiger partial charge is 0.325 e. The van der Waals surface area contributed by atoms with Gasteiger partial charge in [-0.05, 0) is 17.7 Å². The summed E-state index contributed by atoms with van der Waals surface area (Å²) in [6, 6.07) is 0.962. The standard InChI is InChI=1S/C13H11F6N3O3S/c14-12(15,16)8-2-1-7(10(3-8)13(17,18)19)5-22-6-9(4-20)21-11(22)26(23,24)25/h1-3,6H,4-5,20H2,(H,23,24,25). The van der Waals surface area contributed by atoms with Gasteiger partial charge in [0.25, 0.3) is 5.16 Å². The molecule has 13 heteroatoms. The van der Waals surface area contributed by atoms with E-state index in [9.17, 15) is 34.8 Å². The van der Waals surface area contributed by atoms with Gasteiger partial charge in [-0.15, -0.1) is 0 Å². The van der Waals surface area contributed by atoms with E-state index in [0.29, 0.717) is 16.7 Å². The molecule has 0 radical (unpaired) electrons. The first kappa shape index (κ1) is 20.2. The third-order valence-corrected chi connectivity index (χ3v) is 4.10. The van der Waals surface area contributed by atoms with Crippen molar-refractivity contribution in [3.63, 3.8) is 0 Å². The lowest BCUT2D eigenvalue weighted by atomic mass is 10.0. The summed E-state index contributed by atoms with van der Waals surface area (Å²) in [5.74, 6) is 0. The fourth-order valence-electron chi connectivity index (χ4n) is 2.21. The summed E-state index contributed by atoms with van der Waals surface area (Å²) in [4.78, 5) is 3.48. The lowest BCUT2D eigenvalue weighted by Crippen LogP contribution is -2.16. The van der Waals surface area contributed by atoms with E-state index >= 15 is 0 Å². The molecule has 0 bridgehead atoms. The van der Waals surface area contributed by atoms with Gasteiger partial charge in [0.2, 0.25) is 0 Å². The molecule has 6 nitrogen and oxygen atoms in total. The van der Waals surface area contributed by atoms with Crippen LogP contribution in [0.5, 0.6) is 0 Å². The summed E-state index contributed by atoms with van der Waals surface area (Å²) >= 11 is 0. The fourth-order valence-corrected chi connectivity index (χ4v) is 2.85. The molecule has 1 heterocycles. The summed E-state index contributed by atoms with van der Waals surface area (Å²) in [5, 5.41) is -0.967. The molecule has 2 rings (SSSR count). The average Bonchev–Trinajstić information content (AvgIpc) is 2.88. The number of aromatic nitrogens is 2. The number of nitrogens with two attached hydrogens (primary N) is 1. The minimum atomic E-state index is -5.12. The summed E-state index contributed by atoms with van der Waals surface area (Å²) in [7, 11) is -4.89. The lowest BCUT2D eigenvalue weighted by molar-refractivity contribution is -0.143. The topological polar surface area (TPSA) is 98.2 Å². The molecule has 0 aliphatic rings. The van der Waals surface area contributed by atoms with Crippen LogP contribution in [0.15, 0.2) is 29.6 Å². The van der Waals surface area contributed by atoms with Gasteiger partial charge in [-0.1, -0.05) is 6.07 Å². The fraction of sp³-hybridized carbons (Fsp3) is 0.308. The van der Waals surface area contributed by atoms with Crippen LogP contribution in [-0.2, 0) is 35.6 Å². The molecule has 144 valence electrons. The van der Waals surface area contributed by atoms with Gasteiger partial charge in [0.05, 0.1) is 23.4 Å². The Morgan fingerprint density at radius 2 is 1.73 bits per heavy atom. The van der Waals surface area contributed by atoms with Gasteiger partial charge in [-0.3, -0.25) is 4.55 Å². The molecule has 0 spiro atoms. The van der Waals surface area contributed by atoms with Crippen molar-refractivity contribution in [3.8, 4) is 0 Å². The number of hydrogen-bond acceptors (Lipinski definition) is 4. The van der Waals surface area contributed by atoms with Crippen molar-refractivity contribution < 1.29 is 39.3 Å². The third-order valence-electron chi connectivity index (χ3n) is 3.31. The van der Waals surface area contributed by atoms with Crippen molar-refractivity contribution in [2.24, 2.45) is 5.73 Å². The molecule has 0 amide bonds. The molecule has 1 aromatic carbocycles. The van der Waals surface area contributed by atoms with Crippen LogP contribution in [0.3, 0.4) is 0 Å². The molecule has 0 fully saturated rings. The van der Waals surface area contributed by atoms with Crippen molar-refractivity contribution in [3.05, 3.63) is 46.8 Å². The van der Waals surface area contributed by atoms with Crippen LogP contribution in [-0.4, -0.2) is 22.5 Å².